The fraction of sp³-hybridized carbons (Fsp3) is 0.467. The molecule has 108 valence electrons. The SMILES string of the molecule is CNC(=O)C(C)(C)CNC(=O)c1ccc2c(c1)NCC2. The van der Waals surface area contributed by atoms with Gasteiger partial charge in [0.25, 0.3) is 5.91 Å². The Labute approximate surface area is 119 Å². The third kappa shape index (κ3) is 2.92. The van der Waals surface area contributed by atoms with Gasteiger partial charge in [0.15, 0.2) is 0 Å². The molecule has 20 heavy (non-hydrogen) atoms. The van der Waals surface area contributed by atoms with E-state index < -0.39 is 5.41 Å². The first kappa shape index (κ1) is 14.4. The molecule has 0 saturated heterocycles. The van der Waals surface area contributed by atoms with Crippen LogP contribution in [-0.2, 0) is 11.2 Å². The highest BCUT2D eigenvalue weighted by atomic mass is 16.2. The van der Waals surface area contributed by atoms with Crippen molar-refractivity contribution in [3.05, 3.63) is 29.3 Å². The standard InChI is InChI=1S/C15H21N3O2/c1-15(2,14(20)16-3)9-18-13(19)11-5-4-10-6-7-17-12(10)8-11/h4-5,8,17H,6-7,9H2,1-3H3,(H,16,20)(H,18,19). The molecule has 0 unspecified atom stereocenters. The smallest absolute Gasteiger partial charge is 0.251 e. The zero-order valence-electron chi connectivity index (χ0n) is 12.2. The summed E-state index contributed by atoms with van der Waals surface area (Å²) >= 11 is 0. The fourth-order valence-corrected chi connectivity index (χ4v) is 2.25. The van der Waals surface area contributed by atoms with Crippen LogP contribution >= 0.6 is 0 Å². The van der Waals surface area contributed by atoms with Gasteiger partial charge < -0.3 is 16.0 Å². The van der Waals surface area contributed by atoms with Crippen LogP contribution < -0.4 is 16.0 Å². The predicted octanol–water partition coefficient (Wildman–Crippen LogP) is 1.16. The van der Waals surface area contributed by atoms with E-state index in [1.165, 1.54) is 5.56 Å². The van der Waals surface area contributed by atoms with Gasteiger partial charge in [0.1, 0.15) is 0 Å². The number of fused-ring (bicyclic) bond motifs is 1. The van der Waals surface area contributed by atoms with Gasteiger partial charge in [-0.25, -0.2) is 0 Å². The Bertz CT molecular complexity index is 538. The molecule has 0 saturated carbocycles. The zero-order valence-corrected chi connectivity index (χ0v) is 12.2. The number of benzene rings is 1. The van der Waals surface area contributed by atoms with Crippen LogP contribution in [0.2, 0.25) is 0 Å². The second-order valence-corrected chi connectivity index (χ2v) is 5.69. The molecule has 0 aliphatic carbocycles. The molecule has 5 heteroatoms. The van der Waals surface area contributed by atoms with Gasteiger partial charge in [0.05, 0.1) is 5.41 Å². The van der Waals surface area contributed by atoms with Crippen molar-refractivity contribution in [1.82, 2.24) is 10.6 Å². The van der Waals surface area contributed by atoms with Crippen LogP contribution in [-0.4, -0.2) is 32.0 Å². The minimum Gasteiger partial charge on any atom is -0.384 e. The van der Waals surface area contributed by atoms with Crippen molar-refractivity contribution in [3.63, 3.8) is 0 Å². The summed E-state index contributed by atoms with van der Waals surface area (Å²) in [4.78, 5) is 23.8. The molecule has 2 rings (SSSR count). The molecule has 0 bridgehead atoms. The van der Waals surface area contributed by atoms with Crippen LogP contribution in [0.4, 0.5) is 5.69 Å². The lowest BCUT2D eigenvalue weighted by molar-refractivity contribution is -0.128. The minimum absolute atomic E-state index is 0.0894. The van der Waals surface area contributed by atoms with Gasteiger partial charge in [-0.15, -0.1) is 0 Å². The highest BCUT2D eigenvalue weighted by Gasteiger charge is 2.27. The average molecular weight is 275 g/mol. The van der Waals surface area contributed by atoms with Gasteiger partial charge >= 0.3 is 0 Å². The van der Waals surface area contributed by atoms with Crippen molar-refractivity contribution in [3.8, 4) is 0 Å². The molecule has 1 aliphatic heterocycles. The van der Waals surface area contributed by atoms with E-state index >= 15 is 0 Å². The molecular weight excluding hydrogens is 254 g/mol. The first-order chi connectivity index (χ1) is 9.44. The molecule has 0 spiro atoms. The summed E-state index contributed by atoms with van der Waals surface area (Å²) in [5, 5.41) is 8.67. The molecule has 0 fully saturated rings. The average Bonchev–Trinajstić information content (AvgIpc) is 2.91. The normalized spacial score (nSPS) is 13.3. The molecule has 5 nitrogen and oxygen atoms in total. The van der Waals surface area contributed by atoms with E-state index in [0.717, 1.165) is 18.7 Å². The summed E-state index contributed by atoms with van der Waals surface area (Å²) in [5.74, 6) is -0.244. The third-order valence-electron chi connectivity index (χ3n) is 3.61. The molecule has 0 radical (unpaired) electrons. The van der Waals surface area contributed by atoms with Crippen molar-refractivity contribution in [2.24, 2.45) is 5.41 Å². The molecule has 0 atom stereocenters. The Hall–Kier alpha value is -2.04. The van der Waals surface area contributed by atoms with E-state index in [4.69, 9.17) is 0 Å². The molecule has 0 aromatic heterocycles. The van der Waals surface area contributed by atoms with Crippen LogP contribution in [0.1, 0.15) is 29.8 Å². The van der Waals surface area contributed by atoms with Crippen molar-refractivity contribution >= 4 is 17.5 Å². The molecular formula is C15H21N3O2. The highest BCUT2D eigenvalue weighted by molar-refractivity contribution is 5.96. The number of nitrogens with one attached hydrogen (secondary N) is 3. The summed E-state index contributed by atoms with van der Waals surface area (Å²) < 4.78 is 0. The van der Waals surface area contributed by atoms with Crippen molar-refractivity contribution in [2.45, 2.75) is 20.3 Å². The second-order valence-electron chi connectivity index (χ2n) is 5.69. The molecule has 1 heterocycles. The lowest BCUT2D eigenvalue weighted by Gasteiger charge is -2.22. The van der Waals surface area contributed by atoms with Crippen LogP contribution in [0.15, 0.2) is 18.2 Å². The summed E-state index contributed by atoms with van der Waals surface area (Å²) in [6, 6.07) is 5.67. The van der Waals surface area contributed by atoms with Gasteiger partial charge in [-0.3, -0.25) is 9.59 Å². The summed E-state index contributed by atoms with van der Waals surface area (Å²) in [5.41, 5.74) is 2.26. The van der Waals surface area contributed by atoms with Crippen molar-refractivity contribution in [2.75, 3.05) is 25.5 Å². The topological polar surface area (TPSA) is 70.2 Å². The van der Waals surface area contributed by atoms with Crippen LogP contribution in [0.3, 0.4) is 0 Å². The third-order valence-corrected chi connectivity index (χ3v) is 3.61. The van der Waals surface area contributed by atoms with Gasteiger partial charge in [0, 0.05) is 31.4 Å². The molecule has 3 N–H and O–H groups in total. The number of rotatable bonds is 4. The van der Waals surface area contributed by atoms with E-state index in [9.17, 15) is 9.59 Å². The summed E-state index contributed by atoms with van der Waals surface area (Å²) in [6.07, 6.45) is 1.00. The van der Waals surface area contributed by atoms with Gasteiger partial charge in [-0.1, -0.05) is 6.07 Å². The highest BCUT2D eigenvalue weighted by Crippen LogP contribution is 2.23. The number of anilines is 1. The van der Waals surface area contributed by atoms with Crippen LogP contribution in [0.5, 0.6) is 0 Å². The molecule has 2 amide bonds. The molecule has 1 aliphatic rings. The van der Waals surface area contributed by atoms with Crippen LogP contribution in [0, 0.1) is 5.41 Å². The summed E-state index contributed by atoms with van der Waals surface area (Å²) in [7, 11) is 1.60. The molecule has 1 aromatic carbocycles. The maximum Gasteiger partial charge on any atom is 0.251 e. The Morgan fingerprint density at radius 3 is 2.80 bits per heavy atom. The largest absolute Gasteiger partial charge is 0.384 e. The van der Waals surface area contributed by atoms with E-state index in [1.54, 1.807) is 20.9 Å². The Morgan fingerprint density at radius 2 is 2.10 bits per heavy atom. The predicted molar refractivity (Wildman–Crippen MR) is 78.8 cm³/mol. The number of amides is 2. The second kappa shape index (κ2) is 5.53. The Morgan fingerprint density at radius 1 is 1.35 bits per heavy atom. The number of carbonyl (C=O) groups excluding carboxylic acids is 2. The quantitative estimate of drug-likeness (QED) is 0.772. The lowest BCUT2D eigenvalue weighted by atomic mass is 9.92. The Kier molecular flexibility index (Phi) is 3.97. The Balaban J connectivity index is 2.00. The number of hydrogen-bond donors (Lipinski definition) is 3. The van der Waals surface area contributed by atoms with Gasteiger partial charge in [-0.05, 0) is 38.0 Å². The van der Waals surface area contributed by atoms with Crippen molar-refractivity contribution in [1.29, 1.82) is 0 Å². The first-order valence-corrected chi connectivity index (χ1v) is 6.81. The zero-order chi connectivity index (χ0) is 14.8. The first-order valence-electron chi connectivity index (χ1n) is 6.81. The maximum absolute atomic E-state index is 12.1. The van der Waals surface area contributed by atoms with Gasteiger partial charge in [-0.2, -0.15) is 0 Å². The van der Waals surface area contributed by atoms with E-state index in [1.807, 2.05) is 18.2 Å². The fourth-order valence-electron chi connectivity index (χ4n) is 2.25. The van der Waals surface area contributed by atoms with E-state index in [0.29, 0.717) is 12.1 Å². The monoisotopic (exact) mass is 275 g/mol. The van der Waals surface area contributed by atoms with Crippen molar-refractivity contribution < 1.29 is 9.59 Å². The minimum atomic E-state index is -0.626. The lowest BCUT2D eigenvalue weighted by Crippen LogP contribution is -2.43. The number of carbonyl (C=O) groups is 2. The molecule has 1 aromatic rings. The number of hydrogen-bond acceptors (Lipinski definition) is 3. The summed E-state index contributed by atoms with van der Waals surface area (Å²) in [6.45, 7) is 4.83. The van der Waals surface area contributed by atoms with Gasteiger partial charge in [0.2, 0.25) is 5.91 Å². The maximum atomic E-state index is 12.1. The van der Waals surface area contributed by atoms with E-state index in [2.05, 4.69) is 16.0 Å². The van der Waals surface area contributed by atoms with Crippen LogP contribution in [0.25, 0.3) is 0 Å². The van der Waals surface area contributed by atoms with E-state index in [-0.39, 0.29) is 11.8 Å².